The molecule has 4 nitrogen and oxygen atoms in total. The Morgan fingerprint density at radius 2 is 2.04 bits per heavy atom. The molecule has 3 rings (SSSR count). The Bertz CT molecular complexity index is 730. The van der Waals surface area contributed by atoms with Gasteiger partial charge in [0.25, 0.3) is 5.91 Å². The molecule has 0 radical (unpaired) electrons. The summed E-state index contributed by atoms with van der Waals surface area (Å²) in [4.78, 5) is 20.2. The molecule has 1 aromatic heterocycles. The molecule has 0 bridgehead atoms. The van der Waals surface area contributed by atoms with Crippen LogP contribution in [0, 0.1) is 0 Å². The van der Waals surface area contributed by atoms with Gasteiger partial charge in [0.1, 0.15) is 0 Å². The first-order valence-electron chi connectivity index (χ1n) is 7.76. The summed E-state index contributed by atoms with van der Waals surface area (Å²) in [6, 6.07) is 12.0. The number of nitrogens with one attached hydrogen (secondary N) is 2. The number of H-pyrrole nitrogens is 1. The third-order valence-corrected chi connectivity index (χ3v) is 4.46. The number of hydrogen-bond donors (Lipinski definition) is 2. The zero-order valence-electron chi connectivity index (χ0n) is 13.0. The monoisotopic (exact) mass is 325 g/mol. The van der Waals surface area contributed by atoms with Gasteiger partial charge in [-0.15, -0.1) is 0 Å². The lowest BCUT2D eigenvalue weighted by atomic mass is 10.1. The van der Waals surface area contributed by atoms with Gasteiger partial charge in [0.05, 0.1) is 10.6 Å². The molecule has 1 aliphatic heterocycles. The highest BCUT2D eigenvalue weighted by atomic mass is 32.2. The first-order chi connectivity index (χ1) is 11.2. The van der Waals surface area contributed by atoms with E-state index in [1.54, 1.807) is 0 Å². The smallest absolute Gasteiger partial charge is 0.264 e. The van der Waals surface area contributed by atoms with E-state index in [4.69, 9.17) is 0 Å². The lowest BCUT2D eigenvalue weighted by Gasteiger charge is -2.01. The van der Waals surface area contributed by atoms with Gasteiger partial charge in [-0.05, 0) is 60.5 Å². The Balaban J connectivity index is 1.70. The predicted molar refractivity (Wildman–Crippen MR) is 96.7 cm³/mol. The minimum atomic E-state index is -0.108. The minimum Gasteiger partial charge on any atom is -0.362 e. The number of aromatic amines is 1. The van der Waals surface area contributed by atoms with E-state index in [0.29, 0.717) is 10.1 Å². The number of thioether (sulfide) groups is 1. The van der Waals surface area contributed by atoms with Gasteiger partial charge in [-0.25, -0.2) is 4.99 Å². The number of amidine groups is 1. The highest BCUT2D eigenvalue weighted by Gasteiger charge is 2.23. The topological polar surface area (TPSA) is 57.2 Å². The fraction of sp³-hybridized carbons (Fsp3) is 0.222. The molecule has 2 aromatic rings. The Hall–Kier alpha value is -2.27. The molecule has 0 unspecified atom stereocenters. The summed E-state index contributed by atoms with van der Waals surface area (Å²) >= 11 is 1.36. The number of carbonyl (C=O) groups is 1. The van der Waals surface area contributed by atoms with Crippen LogP contribution in [0.2, 0.25) is 0 Å². The number of aliphatic imine (C=N–C) groups is 1. The maximum Gasteiger partial charge on any atom is 0.264 e. The molecular formula is C18H19N3OS. The molecule has 118 valence electrons. The summed E-state index contributed by atoms with van der Waals surface area (Å²) in [7, 11) is 0. The van der Waals surface area contributed by atoms with Gasteiger partial charge in [0.15, 0.2) is 5.17 Å². The summed E-state index contributed by atoms with van der Waals surface area (Å²) in [5.74, 6) is -0.108. The Morgan fingerprint density at radius 1 is 1.22 bits per heavy atom. The van der Waals surface area contributed by atoms with Crippen LogP contribution in [0.5, 0.6) is 0 Å². The standard InChI is InChI=1S/C18H19N3OS/c1-2-3-5-13-7-9-14(10-8-13)20-18-21-17(22)16(23-18)12-15-6-4-11-19-15/h4,6-12,19H,2-3,5H2,1H3,(H,20,21,22)/b16-12+. The third kappa shape index (κ3) is 4.13. The molecule has 0 saturated carbocycles. The van der Waals surface area contributed by atoms with E-state index in [-0.39, 0.29) is 5.91 Å². The number of carbonyl (C=O) groups excluding carboxylic acids is 1. The second-order valence-corrected chi connectivity index (χ2v) is 6.41. The first-order valence-corrected chi connectivity index (χ1v) is 8.58. The van der Waals surface area contributed by atoms with Crippen molar-refractivity contribution in [1.29, 1.82) is 0 Å². The number of rotatable bonds is 5. The number of aromatic nitrogens is 1. The number of aryl methyl sites for hydroxylation is 1. The van der Waals surface area contributed by atoms with Crippen molar-refractivity contribution >= 4 is 34.6 Å². The number of amides is 1. The van der Waals surface area contributed by atoms with Gasteiger partial charge in [0, 0.05) is 11.9 Å². The van der Waals surface area contributed by atoms with Crippen LogP contribution in [-0.2, 0) is 11.2 Å². The lowest BCUT2D eigenvalue weighted by molar-refractivity contribution is -0.115. The van der Waals surface area contributed by atoms with Gasteiger partial charge < -0.3 is 10.3 Å². The average Bonchev–Trinajstić information content (AvgIpc) is 3.17. The predicted octanol–water partition coefficient (Wildman–Crippen LogP) is 4.25. The van der Waals surface area contributed by atoms with E-state index in [1.807, 2.05) is 36.5 Å². The van der Waals surface area contributed by atoms with Crippen LogP contribution in [0.15, 0.2) is 52.5 Å². The summed E-state index contributed by atoms with van der Waals surface area (Å²) in [6.45, 7) is 2.19. The van der Waals surface area contributed by atoms with Crippen molar-refractivity contribution in [2.75, 3.05) is 0 Å². The second kappa shape index (κ2) is 7.33. The molecule has 0 atom stereocenters. The average molecular weight is 325 g/mol. The molecule has 2 N–H and O–H groups in total. The summed E-state index contributed by atoms with van der Waals surface area (Å²) in [6.07, 6.45) is 7.16. The molecule has 1 aromatic carbocycles. The van der Waals surface area contributed by atoms with Crippen LogP contribution >= 0.6 is 11.8 Å². The van der Waals surface area contributed by atoms with Gasteiger partial charge in [-0.1, -0.05) is 25.5 Å². The fourth-order valence-electron chi connectivity index (χ4n) is 2.29. The Morgan fingerprint density at radius 3 is 2.74 bits per heavy atom. The van der Waals surface area contributed by atoms with Crippen molar-refractivity contribution < 1.29 is 4.79 Å². The van der Waals surface area contributed by atoms with Crippen molar-refractivity contribution in [1.82, 2.24) is 10.3 Å². The van der Waals surface area contributed by atoms with Crippen molar-refractivity contribution in [3.8, 4) is 0 Å². The van der Waals surface area contributed by atoms with Gasteiger partial charge in [0.2, 0.25) is 0 Å². The van der Waals surface area contributed by atoms with Crippen molar-refractivity contribution in [3.05, 3.63) is 58.8 Å². The number of nitrogens with zero attached hydrogens (tertiary/aromatic N) is 1. The summed E-state index contributed by atoms with van der Waals surface area (Å²) in [5.41, 5.74) is 3.09. The molecule has 1 saturated heterocycles. The van der Waals surface area contributed by atoms with E-state index in [1.165, 1.54) is 30.2 Å². The van der Waals surface area contributed by atoms with Crippen LogP contribution in [-0.4, -0.2) is 16.1 Å². The Labute approximate surface area is 140 Å². The molecule has 5 heteroatoms. The number of hydrogen-bond acceptors (Lipinski definition) is 3. The molecular weight excluding hydrogens is 306 g/mol. The largest absolute Gasteiger partial charge is 0.362 e. The van der Waals surface area contributed by atoms with Crippen molar-refractivity contribution in [2.45, 2.75) is 26.2 Å². The van der Waals surface area contributed by atoms with Crippen LogP contribution in [0.25, 0.3) is 6.08 Å². The second-order valence-electron chi connectivity index (χ2n) is 5.38. The van der Waals surface area contributed by atoms with Crippen LogP contribution in [0.3, 0.4) is 0 Å². The maximum atomic E-state index is 12.0. The molecule has 1 aliphatic rings. The summed E-state index contributed by atoms with van der Waals surface area (Å²) in [5, 5.41) is 3.43. The quantitative estimate of drug-likeness (QED) is 0.808. The number of unbranched alkanes of at least 4 members (excludes halogenated alkanes) is 1. The zero-order valence-corrected chi connectivity index (χ0v) is 13.8. The van der Waals surface area contributed by atoms with Gasteiger partial charge in [-0.2, -0.15) is 0 Å². The van der Waals surface area contributed by atoms with E-state index < -0.39 is 0 Å². The lowest BCUT2D eigenvalue weighted by Crippen LogP contribution is -2.19. The first kappa shape index (κ1) is 15.6. The van der Waals surface area contributed by atoms with Crippen LogP contribution < -0.4 is 5.32 Å². The molecule has 1 fully saturated rings. The van der Waals surface area contributed by atoms with Crippen LogP contribution in [0.4, 0.5) is 5.69 Å². The van der Waals surface area contributed by atoms with Gasteiger partial charge >= 0.3 is 0 Å². The van der Waals surface area contributed by atoms with Crippen molar-refractivity contribution in [3.63, 3.8) is 0 Å². The van der Waals surface area contributed by atoms with Gasteiger partial charge in [-0.3, -0.25) is 4.79 Å². The Kier molecular flexibility index (Phi) is 4.98. The highest BCUT2D eigenvalue weighted by molar-refractivity contribution is 8.18. The van der Waals surface area contributed by atoms with E-state index >= 15 is 0 Å². The maximum absolute atomic E-state index is 12.0. The summed E-state index contributed by atoms with van der Waals surface area (Å²) < 4.78 is 0. The molecule has 2 heterocycles. The minimum absolute atomic E-state index is 0.108. The third-order valence-electron chi connectivity index (χ3n) is 3.55. The molecule has 1 amide bonds. The highest BCUT2D eigenvalue weighted by Crippen LogP contribution is 2.27. The zero-order chi connectivity index (χ0) is 16.1. The van der Waals surface area contributed by atoms with Crippen LogP contribution in [0.1, 0.15) is 31.0 Å². The van der Waals surface area contributed by atoms with E-state index in [2.05, 4.69) is 34.3 Å². The normalized spacial score (nSPS) is 17.9. The van der Waals surface area contributed by atoms with Crippen molar-refractivity contribution in [2.24, 2.45) is 4.99 Å². The fourth-order valence-corrected chi connectivity index (χ4v) is 3.12. The van der Waals surface area contributed by atoms with E-state index in [0.717, 1.165) is 17.8 Å². The molecule has 0 aliphatic carbocycles. The SMILES string of the molecule is CCCCc1ccc(N=C2NC(=O)/C(=C\c3ccc[nH]3)S2)cc1. The molecule has 0 spiro atoms. The number of benzene rings is 1. The molecule has 23 heavy (non-hydrogen) atoms. The van der Waals surface area contributed by atoms with E-state index in [9.17, 15) is 4.79 Å².